The van der Waals surface area contributed by atoms with E-state index in [1.807, 2.05) is 26.8 Å². The van der Waals surface area contributed by atoms with Gasteiger partial charge in [-0.3, -0.25) is 0 Å². The minimum absolute atomic E-state index is 0.215. The van der Waals surface area contributed by atoms with Crippen LogP contribution in [0.5, 0.6) is 0 Å². The lowest BCUT2D eigenvalue weighted by atomic mass is 9.90. The largest absolute Gasteiger partial charge is 0.311 e. The summed E-state index contributed by atoms with van der Waals surface area (Å²) in [5.41, 5.74) is 0.796. The molecule has 0 spiro atoms. The summed E-state index contributed by atoms with van der Waals surface area (Å²) in [5, 5.41) is 12.2. The zero-order valence-corrected chi connectivity index (χ0v) is 10.8. The normalized spacial score (nSPS) is 11.2. The van der Waals surface area contributed by atoms with Gasteiger partial charge in [-0.25, -0.2) is 9.97 Å². The maximum atomic E-state index is 8.87. The molecule has 0 fully saturated rings. The summed E-state index contributed by atoms with van der Waals surface area (Å²) in [4.78, 5) is 8.36. The molecule has 0 aliphatic carbocycles. The summed E-state index contributed by atoms with van der Waals surface area (Å²) in [5.74, 6) is 0.801. The van der Waals surface area contributed by atoms with Crippen LogP contribution in [-0.4, -0.2) is 16.5 Å². The quantitative estimate of drug-likeness (QED) is 0.764. The van der Waals surface area contributed by atoms with E-state index in [1.54, 1.807) is 6.20 Å². The number of nitrogens with zero attached hydrogens (tertiary/aromatic N) is 3. The van der Waals surface area contributed by atoms with Crippen LogP contribution >= 0.6 is 0 Å². The number of aromatic nitrogens is 2. The van der Waals surface area contributed by atoms with Gasteiger partial charge in [0.1, 0.15) is 5.82 Å². The SMILES string of the molecule is Cc1nccc(CNCCCC(C)(C)C#N)n1. The van der Waals surface area contributed by atoms with E-state index in [0.717, 1.165) is 37.4 Å². The fraction of sp³-hybridized carbons (Fsp3) is 0.615. The summed E-state index contributed by atoms with van der Waals surface area (Å²) in [7, 11) is 0. The molecular formula is C13H20N4. The lowest BCUT2D eigenvalue weighted by molar-refractivity contribution is 0.425. The van der Waals surface area contributed by atoms with Crippen LogP contribution in [0.15, 0.2) is 12.3 Å². The molecule has 0 saturated heterocycles. The molecule has 0 aliphatic heterocycles. The Kier molecular flexibility index (Phi) is 5.05. The maximum absolute atomic E-state index is 8.87. The summed E-state index contributed by atoms with van der Waals surface area (Å²) in [6.45, 7) is 7.50. The molecule has 1 aromatic heterocycles. The number of nitrogens with one attached hydrogen (secondary N) is 1. The second kappa shape index (κ2) is 6.31. The summed E-state index contributed by atoms with van der Waals surface area (Å²) >= 11 is 0. The number of nitriles is 1. The van der Waals surface area contributed by atoms with Gasteiger partial charge in [0.25, 0.3) is 0 Å². The molecule has 4 nitrogen and oxygen atoms in total. The third-order valence-corrected chi connectivity index (χ3v) is 2.60. The Balaban J connectivity index is 2.19. The second-order valence-electron chi connectivity index (χ2n) is 4.87. The zero-order valence-electron chi connectivity index (χ0n) is 10.8. The van der Waals surface area contributed by atoms with E-state index in [9.17, 15) is 0 Å². The van der Waals surface area contributed by atoms with Gasteiger partial charge in [-0.05, 0) is 46.2 Å². The lowest BCUT2D eigenvalue weighted by Crippen LogP contribution is -2.18. The van der Waals surface area contributed by atoms with Crippen molar-refractivity contribution in [3.63, 3.8) is 0 Å². The van der Waals surface area contributed by atoms with Crippen LogP contribution < -0.4 is 5.32 Å². The first-order valence-electron chi connectivity index (χ1n) is 5.94. The molecular weight excluding hydrogens is 212 g/mol. The van der Waals surface area contributed by atoms with E-state index in [0.29, 0.717) is 0 Å². The molecule has 0 bridgehead atoms. The highest BCUT2D eigenvalue weighted by Gasteiger charge is 2.15. The van der Waals surface area contributed by atoms with Crippen molar-refractivity contribution < 1.29 is 0 Å². The Labute approximate surface area is 103 Å². The third kappa shape index (κ3) is 5.41. The van der Waals surface area contributed by atoms with Crippen LogP contribution in [0.25, 0.3) is 0 Å². The standard InChI is InChI=1S/C13H20N4/c1-11-16-8-5-12(17-11)9-15-7-4-6-13(2,3)10-14/h5,8,15H,4,6-7,9H2,1-3H3. The number of hydrogen-bond donors (Lipinski definition) is 1. The summed E-state index contributed by atoms with van der Waals surface area (Å²) in [6, 6.07) is 4.22. The molecule has 0 unspecified atom stereocenters. The highest BCUT2D eigenvalue weighted by molar-refractivity contribution is 5.01. The van der Waals surface area contributed by atoms with Gasteiger partial charge in [-0.1, -0.05) is 0 Å². The van der Waals surface area contributed by atoms with Crippen LogP contribution in [0.3, 0.4) is 0 Å². The molecule has 92 valence electrons. The molecule has 4 heteroatoms. The van der Waals surface area contributed by atoms with Crippen LogP contribution in [-0.2, 0) is 6.54 Å². The predicted octanol–water partition coefficient (Wildman–Crippen LogP) is 2.20. The second-order valence-corrected chi connectivity index (χ2v) is 4.87. The minimum atomic E-state index is -0.215. The van der Waals surface area contributed by atoms with E-state index in [4.69, 9.17) is 5.26 Å². The predicted molar refractivity (Wildman–Crippen MR) is 67.1 cm³/mol. The topological polar surface area (TPSA) is 61.6 Å². The van der Waals surface area contributed by atoms with Crippen molar-refractivity contribution in [2.75, 3.05) is 6.54 Å². The Bertz CT molecular complexity index is 393. The van der Waals surface area contributed by atoms with Crippen molar-refractivity contribution in [3.05, 3.63) is 23.8 Å². The van der Waals surface area contributed by atoms with Gasteiger partial charge >= 0.3 is 0 Å². The van der Waals surface area contributed by atoms with Crippen LogP contribution in [0.2, 0.25) is 0 Å². The zero-order chi connectivity index (χ0) is 12.7. The molecule has 0 atom stereocenters. The molecule has 1 aromatic rings. The average Bonchev–Trinajstić information content (AvgIpc) is 2.29. The van der Waals surface area contributed by atoms with Crippen LogP contribution in [0.1, 0.15) is 38.2 Å². The minimum Gasteiger partial charge on any atom is -0.311 e. The van der Waals surface area contributed by atoms with Gasteiger partial charge in [0, 0.05) is 12.7 Å². The Hall–Kier alpha value is -1.47. The van der Waals surface area contributed by atoms with Crippen molar-refractivity contribution in [2.45, 2.75) is 40.2 Å². The molecule has 0 aliphatic rings. The van der Waals surface area contributed by atoms with Crippen molar-refractivity contribution in [1.29, 1.82) is 5.26 Å². The Morgan fingerprint density at radius 1 is 1.47 bits per heavy atom. The van der Waals surface area contributed by atoms with Gasteiger partial charge < -0.3 is 5.32 Å². The maximum Gasteiger partial charge on any atom is 0.125 e. The highest BCUT2D eigenvalue weighted by atomic mass is 14.9. The van der Waals surface area contributed by atoms with E-state index in [2.05, 4.69) is 21.4 Å². The van der Waals surface area contributed by atoms with Crippen molar-refractivity contribution in [3.8, 4) is 6.07 Å². The Morgan fingerprint density at radius 3 is 2.88 bits per heavy atom. The number of aryl methyl sites for hydroxylation is 1. The first-order valence-corrected chi connectivity index (χ1v) is 5.94. The first kappa shape index (κ1) is 13.6. The Morgan fingerprint density at radius 2 is 2.24 bits per heavy atom. The van der Waals surface area contributed by atoms with Crippen molar-refractivity contribution >= 4 is 0 Å². The fourth-order valence-corrected chi connectivity index (χ4v) is 1.53. The number of hydrogen-bond acceptors (Lipinski definition) is 4. The molecule has 0 aromatic carbocycles. The van der Waals surface area contributed by atoms with Gasteiger partial charge in [0.15, 0.2) is 0 Å². The molecule has 1 rings (SSSR count). The van der Waals surface area contributed by atoms with E-state index < -0.39 is 0 Å². The smallest absolute Gasteiger partial charge is 0.125 e. The van der Waals surface area contributed by atoms with Crippen molar-refractivity contribution in [2.24, 2.45) is 5.41 Å². The monoisotopic (exact) mass is 232 g/mol. The molecule has 17 heavy (non-hydrogen) atoms. The van der Waals surface area contributed by atoms with Gasteiger partial charge in [-0.15, -0.1) is 0 Å². The van der Waals surface area contributed by atoms with Gasteiger partial charge in [0.2, 0.25) is 0 Å². The van der Waals surface area contributed by atoms with E-state index in [1.165, 1.54) is 0 Å². The van der Waals surface area contributed by atoms with Crippen LogP contribution in [0.4, 0.5) is 0 Å². The van der Waals surface area contributed by atoms with Crippen LogP contribution in [0, 0.1) is 23.7 Å². The molecule has 1 heterocycles. The van der Waals surface area contributed by atoms with Crippen molar-refractivity contribution in [1.82, 2.24) is 15.3 Å². The molecule has 0 amide bonds. The summed E-state index contributed by atoms with van der Waals surface area (Å²) < 4.78 is 0. The molecule has 0 radical (unpaired) electrons. The highest BCUT2D eigenvalue weighted by Crippen LogP contribution is 2.19. The average molecular weight is 232 g/mol. The summed E-state index contributed by atoms with van der Waals surface area (Å²) in [6.07, 6.45) is 3.70. The first-order chi connectivity index (χ1) is 8.03. The fourth-order valence-electron chi connectivity index (χ4n) is 1.53. The van der Waals surface area contributed by atoms with Gasteiger partial charge in [-0.2, -0.15) is 5.26 Å². The van der Waals surface area contributed by atoms with E-state index >= 15 is 0 Å². The third-order valence-electron chi connectivity index (χ3n) is 2.60. The number of rotatable bonds is 6. The molecule has 1 N–H and O–H groups in total. The molecule has 0 saturated carbocycles. The lowest BCUT2D eigenvalue weighted by Gasteiger charge is -2.14. The van der Waals surface area contributed by atoms with E-state index in [-0.39, 0.29) is 5.41 Å². The van der Waals surface area contributed by atoms with Gasteiger partial charge in [0.05, 0.1) is 17.2 Å².